The molecular formula is C26H18Cl2F3NO3S2. The van der Waals surface area contributed by atoms with Crippen molar-refractivity contribution >= 4 is 69.2 Å². The van der Waals surface area contributed by atoms with Crippen molar-refractivity contribution in [1.29, 1.82) is 0 Å². The molecule has 11 heteroatoms. The monoisotopic (exact) mass is 583 g/mol. The molecule has 1 fully saturated rings. The quantitative estimate of drug-likeness (QED) is 0.206. The largest absolute Gasteiger partial charge is 0.490 e. The zero-order chi connectivity index (χ0) is 26.7. The average Bonchev–Trinajstić information content (AvgIpc) is 3.12. The van der Waals surface area contributed by atoms with Gasteiger partial charge < -0.3 is 9.47 Å². The highest BCUT2D eigenvalue weighted by Crippen LogP contribution is 2.41. The van der Waals surface area contributed by atoms with E-state index >= 15 is 0 Å². The van der Waals surface area contributed by atoms with Crippen molar-refractivity contribution < 1.29 is 27.4 Å². The number of hydrogen-bond acceptors (Lipinski definition) is 5. The minimum atomic E-state index is -4.55. The lowest BCUT2D eigenvalue weighted by atomic mass is 10.1. The summed E-state index contributed by atoms with van der Waals surface area (Å²) in [4.78, 5) is 14.4. The van der Waals surface area contributed by atoms with Crippen molar-refractivity contribution in [2.24, 2.45) is 0 Å². The second kappa shape index (κ2) is 11.3. The maximum absolute atomic E-state index is 13.2. The molecule has 0 spiro atoms. The Morgan fingerprint density at radius 1 is 1.05 bits per heavy atom. The van der Waals surface area contributed by atoms with Crippen molar-refractivity contribution in [3.8, 4) is 11.5 Å². The number of alkyl halides is 3. The Bertz CT molecular complexity index is 1380. The predicted octanol–water partition coefficient (Wildman–Crippen LogP) is 8.40. The Balaban J connectivity index is 1.60. The van der Waals surface area contributed by atoms with E-state index in [1.165, 1.54) is 12.1 Å². The zero-order valence-corrected chi connectivity index (χ0v) is 22.3. The SMILES string of the molecule is CCOc1cc(/C=C2\SC(=S)N(c3cccc(C(F)(F)F)c3)C2=O)cc(Cl)c1OCc1ccc(Cl)cc1. The van der Waals surface area contributed by atoms with E-state index < -0.39 is 17.6 Å². The van der Waals surface area contributed by atoms with Gasteiger partial charge in [-0.1, -0.05) is 65.4 Å². The Morgan fingerprint density at radius 2 is 1.78 bits per heavy atom. The molecule has 1 amide bonds. The first-order valence-corrected chi connectivity index (χ1v) is 12.8. The molecule has 37 heavy (non-hydrogen) atoms. The molecule has 0 saturated carbocycles. The first-order chi connectivity index (χ1) is 17.6. The first kappa shape index (κ1) is 27.3. The molecule has 4 nitrogen and oxygen atoms in total. The molecule has 0 aliphatic carbocycles. The lowest BCUT2D eigenvalue weighted by molar-refractivity contribution is -0.137. The summed E-state index contributed by atoms with van der Waals surface area (Å²) in [6.45, 7) is 2.38. The van der Waals surface area contributed by atoms with Crippen LogP contribution in [0.4, 0.5) is 18.9 Å². The predicted molar refractivity (Wildman–Crippen MR) is 146 cm³/mol. The molecule has 1 saturated heterocycles. The van der Waals surface area contributed by atoms with Crippen LogP contribution in [0.5, 0.6) is 11.5 Å². The number of rotatable bonds is 7. The molecule has 1 heterocycles. The summed E-state index contributed by atoms with van der Waals surface area (Å²) in [6.07, 6.45) is -2.99. The standard InChI is InChI=1S/C26H18Cl2F3NO3S2/c1-2-34-21-11-16(10-20(28)23(21)35-14-15-6-8-18(27)9-7-15)12-22-24(33)32(25(36)37-22)19-5-3-4-17(13-19)26(29,30)31/h3-13H,2,14H2,1H3/b22-12-. The minimum Gasteiger partial charge on any atom is -0.490 e. The number of ether oxygens (including phenoxy) is 2. The van der Waals surface area contributed by atoms with E-state index in [1.807, 2.05) is 19.1 Å². The van der Waals surface area contributed by atoms with E-state index in [0.29, 0.717) is 28.7 Å². The molecule has 0 unspecified atom stereocenters. The van der Waals surface area contributed by atoms with Crippen molar-refractivity contribution in [2.75, 3.05) is 11.5 Å². The van der Waals surface area contributed by atoms with Gasteiger partial charge in [-0.2, -0.15) is 13.2 Å². The molecule has 0 radical (unpaired) electrons. The maximum Gasteiger partial charge on any atom is 0.416 e. The van der Waals surface area contributed by atoms with Gasteiger partial charge in [-0.15, -0.1) is 0 Å². The highest BCUT2D eigenvalue weighted by Gasteiger charge is 2.36. The zero-order valence-electron chi connectivity index (χ0n) is 19.1. The topological polar surface area (TPSA) is 38.8 Å². The second-order valence-corrected chi connectivity index (χ2v) is 10.3. The van der Waals surface area contributed by atoms with Crippen LogP contribution in [0.2, 0.25) is 10.0 Å². The van der Waals surface area contributed by atoms with Gasteiger partial charge in [0.15, 0.2) is 15.8 Å². The van der Waals surface area contributed by atoms with Crippen molar-refractivity contribution in [1.82, 2.24) is 0 Å². The minimum absolute atomic E-state index is 0.0414. The van der Waals surface area contributed by atoms with Crippen LogP contribution >= 0.6 is 47.2 Å². The fourth-order valence-electron chi connectivity index (χ4n) is 3.47. The molecule has 3 aromatic rings. The van der Waals surface area contributed by atoms with Crippen LogP contribution in [0.15, 0.2) is 65.6 Å². The molecular weight excluding hydrogens is 566 g/mol. The molecule has 1 aliphatic rings. The third-order valence-electron chi connectivity index (χ3n) is 5.15. The Kier molecular flexibility index (Phi) is 8.38. The Morgan fingerprint density at radius 3 is 2.46 bits per heavy atom. The molecule has 3 aromatic carbocycles. The molecule has 4 rings (SSSR count). The van der Waals surface area contributed by atoms with Crippen LogP contribution in [0.25, 0.3) is 6.08 Å². The number of carbonyl (C=O) groups excluding carboxylic acids is 1. The number of amides is 1. The van der Waals surface area contributed by atoms with Crippen molar-refractivity contribution in [2.45, 2.75) is 19.7 Å². The summed E-state index contributed by atoms with van der Waals surface area (Å²) in [6, 6.07) is 14.9. The summed E-state index contributed by atoms with van der Waals surface area (Å²) < 4.78 is 51.2. The van der Waals surface area contributed by atoms with E-state index in [4.69, 9.17) is 44.9 Å². The third-order valence-corrected chi connectivity index (χ3v) is 6.99. The number of thiocarbonyl (C=S) groups is 1. The number of anilines is 1. The second-order valence-electron chi connectivity index (χ2n) is 7.74. The van der Waals surface area contributed by atoms with E-state index in [9.17, 15) is 18.0 Å². The third kappa shape index (κ3) is 6.41. The highest BCUT2D eigenvalue weighted by molar-refractivity contribution is 8.27. The van der Waals surface area contributed by atoms with Gasteiger partial charge >= 0.3 is 6.18 Å². The van der Waals surface area contributed by atoms with Crippen LogP contribution < -0.4 is 14.4 Å². The number of nitrogens with zero attached hydrogens (tertiary/aromatic N) is 1. The van der Waals surface area contributed by atoms with Gasteiger partial charge in [-0.3, -0.25) is 9.69 Å². The van der Waals surface area contributed by atoms with Crippen molar-refractivity contribution in [3.63, 3.8) is 0 Å². The molecule has 0 N–H and O–H groups in total. The number of thioether (sulfide) groups is 1. The number of halogens is 5. The fraction of sp³-hybridized carbons (Fsp3) is 0.154. The van der Waals surface area contributed by atoms with Gasteiger partial charge in [0.05, 0.1) is 27.8 Å². The number of benzene rings is 3. The molecule has 0 aromatic heterocycles. The van der Waals surface area contributed by atoms with E-state index in [0.717, 1.165) is 34.4 Å². The van der Waals surface area contributed by atoms with Crippen molar-refractivity contribution in [3.05, 3.63) is 92.3 Å². The van der Waals surface area contributed by atoms with Gasteiger partial charge in [0.25, 0.3) is 5.91 Å². The summed E-state index contributed by atoms with van der Waals surface area (Å²) in [5.41, 5.74) is 0.590. The summed E-state index contributed by atoms with van der Waals surface area (Å²) in [7, 11) is 0. The van der Waals surface area contributed by atoms with Gasteiger partial charge in [-0.05, 0) is 66.6 Å². The van der Waals surface area contributed by atoms with Gasteiger partial charge in [-0.25, -0.2) is 0 Å². The fourth-order valence-corrected chi connectivity index (χ4v) is 5.17. The van der Waals surface area contributed by atoms with Crippen LogP contribution in [-0.4, -0.2) is 16.8 Å². The lowest BCUT2D eigenvalue weighted by Crippen LogP contribution is -2.27. The number of carbonyl (C=O) groups is 1. The van der Waals surface area contributed by atoms with Crippen LogP contribution in [0.1, 0.15) is 23.6 Å². The highest BCUT2D eigenvalue weighted by atomic mass is 35.5. The molecule has 0 atom stereocenters. The number of hydrogen-bond donors (Lipinski definition) is 0. The van der Waals surface area contributed by atoms with Gasteiger partial charge in [0.2, 0.25) is 0 Å². The van der Waals surface area contributed by atoms with Gasteiger partial charge in [0.1, 0.15) is 6.61 Å². The van der Waals surface area contributed by atoms with Gasteiger partial charge in [0, 0.05) is 5.02 Å². The van der Waals surface area contributed by atoms with E-state index in [1.54, 1.807) is 30.3 Å². The molecule has 192 valence electrons. The normalized spacial score (nSPS) is 15.0. The Labute approximate surface area is 231 Å². The smallest absolute Gasteiger partial charge is 0.416 e. The van der Waals surface area contributed by atoms with Crippen LogP contribution in [0.3, 0.4) is 0 Å². The first-order valence-electron chi connectivity index (χ1n) is 10.9. The van der Waals surface area contributed by atoms with Crippen LogP contribution in [0, 0.1) is 0 Å². The summed E-state index contributed by atoms with van der Waals surface area (Å²) >= 11 is 18.7. The maximum atomic E-state index is 13.2. The van der Waals surface area contributed by atoms with Crippen LogP contribution in [-0.2, 0) is 17.6 Å². The molecule has 0 bridgehead atoms. The molecule has 1 aliphatic heterocycles. The van der Waals surface area contributed by atoms with E-state index in [2.05, 4.69) is 0 Å². The lowest BCUT2D eigenvalue weighted by Gasteiger charge is -2.16. The summed E-state index contributed by atoms with van der Waals surface area (Å²) in [5, 5.41) is 0.874. The average molecular weight is 584 g/mol. The summed E-state index contributed by atoms with van der Waals surface area (Å²) in [5.74, 6) is 0.183. The van der Waals surface area contributed by atoms with E-state index in [-0.39, 0.29) is 26.5 Å². The Hall–Kier alpha value is -2.72.